The molecule has 0 radical (unpaired) electrons. The summed E-state index contributed by atoms with van der Waals surface area (Å²) in [4.78, 5) is 17.2. The maximum atomic E-state index is 12.0. The van der Waals surface area contributed by atoms with Gasteiger partial charge in [-0.25, -0.2) is 13.4 Å². The Hall–Kier alpha value is -1.29. The smallest absolute Gasteiger partial charge is 0.250 e. The first kappa shape index (κ1) is 16.1. The molecule has 9 heteroatoms. The van der Waals surface area contributed by atoms with Gasteiger partial charge >= 0.3 is 0 Å². The van der Waals surface area contributed by atoms with Crippen molar-refractivity contribution in [1.82, 2.24) is 9.71 Å². The highest BCUT2D eigenvalue weighted by molar-refractivity contribution is 7.91. The van der Waals surface area contributed by atoms with Crippen molar-refractivity contribution in [3.8, 4) is 0 Å². The average Bonchev–Trinajstić information content (AvgIpc) is 3.00. The lowest BCUT2D eigenvalue weighted by Gasteiger charge is -2.12. The van der Waals surface area contributed by atoms with E-state index < -0.39 is 22.0 Å². The fourth-order valence-electron chi connectivity index (χ4n) is 1.50. The predicted octanol–water partition coefficient (Wildman–Crippen LogP) is 2.13. The Morgan fingerprint density at radius 1 is 1.38 bits per heavy atom. The zero-order valence-corrected chi connectivity index (χ0v) is 14.2. The van der Waals surface area contributed by atoms with E-state index in [1.165, 1.54) is 24.3 Å². The summed E-state index contributed by atoms with van der Waals surface area (Å²) in [5.41, 5.74) is 0.849. The summed E-state index contributed by atoms with van der Waals surface area (Å²) in [5, 5.41) is 4.75. The minimum atomic E-state index is -3.67. The third-order valence-electron chi connectivity index (χ3n) is 2.74. The molecule has 0 aromatic carbocycles. The zero-order chi connectivity index (χ0) is 15.6. The third-order valence-corrected chi connectivity index (χ3v) is 6.67. The van der Waals surface area contributed by atoms with Crippen LogP contribution in [0.1, 0.15) is 17.5 Å². The molecule has 0 spiro atoms. The fourth-order valence-corrected chi connectivity index (χ4v) is 4.53. The number of hydrogen-bond acceptors (Lipinski definition) is 6. The Balaban J connectivity index is 2.03. The molecular formula is C12H15N3O3S3. The van der Waals surface area contributed by atoms with Crippen LogP contribution in [0, 0.1) is 13.8 Å². The first-order valence-electron chi connectivity index (χ1n) is 6.10. The number of rotatable bonds is 5. The summed E-state index contributed by atoms with van der Waals surface area (Å²) in [6, 6.07) is 2.25. The Labute approximate surface area is 131 Å². The Bertz CT molecular complexity index is 716. The number of thiophene rings is 1. The van der Waals surface area contributed by atoms with E-state index in [9.17, 15) is 13.2 Å². The van der Waals surface area contributed by atoms with Crippen LogP contribution in [0.15, 0.2) is 21.7 Å². The van der Waals surface area contributed by atoms with E-state index in [2.05, 4.69) is 15.0 Å². The molecule has 0 aliphatic carbocycles. The summed E-state index contributed by atoms with van der Waals surface area (Å²) in [7, 11) is -3.67. The maximum Gasteiger partial charge on any atom is 0.250 e. The van der Waals surface area contributed by atoms with Gasteiger partial charge < -0.3 is 5.32 Å². The lowest BCUT2D eigenvalue weighted by atomic mass is 10.3. The monoisotopic (exact) mass is 345 g/mol. The average molecular weight is 345 g/mol. The number of aromatic nitrogens is 1. The number of amides is 1. The van der Waals surface area contributed by atoms with Gasteiger partial charge in [0, 0.05) is 4.88 Å². The van der Waals surface area contributed by atoms with Gasteiger partial charge in [-0.3, -0.25) is 4.79 Å². The van der Waals surface area contributed by atoms with Crippen LogP contribution in [-0.4, -0.2) is 25.4 Å². The van der Waals surface area contributed by atoms with E-state index in [4.69, 9.17) is 0 Å². The number of thiazole rings is 1. The summed E-state index contributed by atoms with van der Waals surface area (Å²) >= 11 is 2.46. The number of carbonyl (C=O) groups excluding carboxylic acids is 1. The van der Waals surface area contributed by atoms with E-state index in [1.54, 1.807) is 11.4 Å². The molecule has 0 saturated carbocycles. The van der Waals surface area contributed by atoms with Crippen molar-refractivity contribution in [3.63, 3.8) is 0 Å². The van der Waals surface area contributed by atoms with Gasteiger partial charge in [0.15, 0.2) is 5.13 Å². The van der Waals surface area contributed by atoms with E-state index in [-0.39, 0.29) is 4.21 Å². The predicted molar refractivity (Wildman–Crippen MR) is 84.3 cm³/mol. The molecule has 2 rings (SSSR count). The lowest BCUT2D eigenvalue weighted by molar-refractivity contribution is -0.117. The molecule has 2 aromatic rings. The Kier molecular flexibility index (Phi) is 4.77. The molecule has 0 fully saturated rings. The van der Waals surface area contributed by atoms with Crippen molar-refractivity contribution in [1.29, 1.82) is 0 Å². The van der Waals surface area contributed by atoms with Gasteiger partial charge in [0.25, 0.3) is 10.0 Å². The normalized spacial score (nSPS) is 13.1. The molecule has 1 amide bonds. The van der Waals surface area contributed by atoms with Crippen molar-refractivity contribution in [2.45, 2.75) is 31.0 Å². The number of carbonyl (C=O) groups is 1. The molecule has 114 valence electrons. The maximum absolute atomic E-state index is 12.0. The quantitative estimate of drug-likeness (QED) is 0.869. The van der Waals surface area contributed by atoms with Gasteiger partial charge in [-0.05, 0) is 32.2 Å². The van der Waals surface area contributed by atoms with E-state index >= 15 is 0 Å². The molecule has 2 heterocycles. The van der Waals surface area contributed by atoms with Crippen LogP contribution in [0.25, 0.3) is 0 Å². The number of aryl methyl sites for hydroxylation is 2. The first-order chi connectivity index (χ1) is 9.79. The minimum absolute atomic E-state index is 0.183. The van der Waals surface area contributed by atoms with Gasteiger partial charge in [-0.15, -0.1) is 22.7 Å². The zero-order valence-electron chi connectivity index (χ0n) is 11.7. The van der Waals surface area contributed by atoms with Crippen molar-refractivity contribution >= 4 is 43.7 Å². The van der Waals surface area contributed by atoms with Crippen LogP contribution in [0.5, 0.6) is 0 Å². The molecule has 0 aliphatic rings. The molecular weight excluding hydrogens is 330 g/mol. The van der Waals surface area contributed by atoms with Crippen LogP contribution in [0.4, 0.5) is 5.13 Å². The highest BCUT2D eigenvalue weighted by atomic mass is 32.2. The largest absolute Gasteiger partial charge is 0.301 e. The van der Waals surface area contributed by atoms with Crippen LogP contribution < -0.4 is 10.0 Å². The molecule has 2 N–H and O–H groups in total. The third kappa shape index (κ3) is 3.88. The number of sulfonamides is 1. The SMILES string of the molecule is Cc1nc(NC(=O)[C@H](C)NS(=O)(=O)c2cccs2)sc1C. The Morgan fingerprint density at radius 3 is 2.62 bits per heavy atom. The Morgan fingerprint density at radius 2 is 2.10 bits per heavy atom. The molecule has 0 bridgehead atoms. The second-order valence-electron chi connectivity index (χ2n) is 4.42. The van der Waals surface area contributed by atoms with Crippen LogP contribution in [-0.2, 0) is 14.8 Å². The van der Waals surface area contributed by atoms with Crippen LogP contribution >= 0.6 is 22.7 Å². The first-order valence-corrected chi connectivity index (χ1v) is 9.28. The van der Waals surface area contributed by atoms with Gasteiger partial charge in [0.2, 0.25) is 5.91 Å². The number of nitrogens with zero attached hydrogens (tertiary/aromatic N) is 1. The molecule has 0 aliphatic heterocycles. The van der Waals surface area contributed by atoms with E-state index in [0.717, 1.165) is 21.9 Å². The van der Waals surface area contributed by atoms with Gasteiger partial charge in [0.1, 0.15) is 4.21 Å². The van der Waals surface area contributed by atoms with Crippen molar-refractivity contribution in [2.75, 3.05) is 5.32 Å². The fraction of sp³-hybridized carbons (Fsp3) is 0.333. The second kappa shape index (κ2) is 6.22. The molecule has 1 atom stereocenters. The van der Waals surface area contributed by atoms with E-state index in [0.29, 0.717) is 5.13 Å². The van der Waals surface area contributed by atoms with Gasteiger partial charge in [0.05, 0.1) is 11.7 Å². The minimum Gasteiger partial charge on any atom is -0.301 e. The highest BCUT2D eigenvalue weighted by Gasteiger charge is 2.23. The summed E-state index contributed by atoms with van der Waals surface area (Å²) in [6.45, 7) is 5.25. The molecule has 0 saturated heterocycles. The molecule has 21 heavy (non-hydrogen) atoms. The summed E-state index contributed by atoms with van der Waals surface area (Å²) in [5.74, 6) is -0.441. The molecule has 6 nitrogen and oxygen atoms in total. The number of anilines is 1. The second-order valence-corrected chi connectivity index (χ2v) is 8.52. The van der Waals surface area contributed by atoms with Gasteiger partial charge in [-0.1, -0.05) is 6.07 Å². The number of hydrogen-bond donors (Lipinski definition) is 2. The summed E-state index contributed by atoms with van der Waals surface area (Å²) < 4.78 is 26.6. The topological polar surface area (TPSA) is 88.2 Å². The van der Waals surface area contributed by atoms with Crippen molar-refractivity contribution < 1.29 is 13.2 Å². The van der Waals surface area contributed by atoms with Gasteiger partial charge in [-0.2, -0.15) is 4.72 Å². The lowest BCUT2D eigenvalue weighted by Crippen LogP contribution is -2.41. The standard InChI is InChI=1S/C12H15N3O3S3/c1-7-9(3)20-12(13-7)14-11(16)8(2)15-21(17,18)10-5-4-6-19-10/h4-6,8,15H,1-3H3,(H,13,14,16)/t8-/m0/s1. The summed E-state index contributed by atoms with van der Waals surface area (Å²) in [6.07, 6.45) is 0. The molecule has 2 aromatic heterocycles. The van der Waals surface area contributed by atoms with E-state index in [1.807, 2.05) is 13.8 Å². The number of nitrogens with one attached hydrogen (secondary N) is 2. The van der Waals surface area contributed by atoms with Crippen LogP contribution in [0.3, 0.4) is 0 Å². The van der Waals surface area contributed by atoms with Crippen molar-refractivity contribution in [3.05, 3.63) is 28.1 Å². The van der Waals surface area contributed by atoms with Crippen LogP contribution in [0.2, 0.25) is 0 Å². The molecule has 0 unspecified atom stereocenters. The van der Waals surface area contributed by atoms with Crippen molar-refractivity contribution in [2.24, 2.45) is 0 Å². The highest BCUT2D eigenvalue weighted by Crippen LogP contribution is 2.21.